The fourth-order valence-corrected chi connectivity index (χ4v) is 8.71. The standard InChI is InChI=1S/C28H32O4Si/c1-27(2,3)33(24-16-10-6-11-17-24,25-18-12-7-13-19-25)31-21-20-28(4,22-29)32-26(30)23-14-8-5-9-15-23/h5-19,22H,20-21H2,1-4H3/t28-/m1/s1. The van der Waals surface area contributed by atoms with E-state index in [1.165, 1.54) is 0 Å². The van der Waals surface area contributed by atoms with E-state index in [1.807, 2.05) is 42.5 Å². The Morgan fingerprint density at radius 2 is 1.24 bits per heavy atom. The molecule has 0 heterocycles. The Balaban J connectivity index is 1.88. The lowest BCUT2D eigenvalue weighted by atomic mass is 10.1. The second-order valence-corrected chi connectivity index (χ2v) is 13.8. The monoisotopic (exact) mass is 460 g/mol. The first kappa shape index (κ1) is 24.6. The van der Waals surface area contributed by atoms with Crippen LogP contribution in [0.15, 0.2) is 91.0 Å². The Bertz CT molecular complexity index is 1010. The van der Waals surface area contributed by atoms with Gasteiger partial charge in [-0.1, -0.05) is 99.6 Å². The zero-order chi connectivity index (χ0) is 24.0. The van der Waals surface area contributed by atoms with E-state index in [-0.39, 0.29) is 18.1 Å². The molecule has 0 saturated carbocycles. The van der Waals surface area contributed by atoms with Crippen molar-refractivity contribution >= 4 is 30.9 Å². The molecule has 172 valence electrons. The maximum absolute atomic E-state index is 12.6. The van der Waals surface area contributed by atoms with Crippen molar-refractivity contribution in [2.24, 2.45) is 0 Å². The average molecular weight is 461 g/mol. The van der Waals surface area contributed by atoms with E-state index in [4.69, 9.17) is 9.16 Å². The molecule has 0 spiro atoms. The fourth-order valence-electron chi connectivity index (χ4n) is 4.15. The summed E-state index contributed by atoms with van der Waals surface area (Å²) in [4.78, 5) is 24.5. The molecule has 0 unspecified atom stereocenters. The summed E-state index contributed by atoms with van der Waals surface area (Å²) in [6.45, 7) is 8.52. The van der Waals surface area contributed by atoms with Gasteiger partial charge in [-0.15, -0.1) is 0 Å². The molecule has 3 rings (SSSR count). The van der Waals surface area contributed by atoms with Crippen LogP contribution in [-0.2, 0) is 14.0 Å². The third-order valence-corrected chi connectivity index (χ3v) is 11.0. The molecule has 33 heavy (non-hydrogen) atoms. The molecule has 0 fully saturated rings. The average Bonchev–Trinajstić information content (AvgIpc) is 2.83. The first-order chi connectivity index (χ1) is 15.7. The Hall–Kier alpha value is -3.02. The van der Waals surface area contributed by atoms with Gasteiger partial charge in [0.25, 0.3) is 8.32 Å². The number of benzene rings is 3. The highest BCUT2D eigenvalue weighted by Crippen LogP contribution is 2.37. The van der Waals surface area contributed by atoms with E-state index in [0.29, 0.717) is 11.8 Å². The smallest absolute Gasteiger partial charge is 0.339 e. The minimum absolute atomic E-state index is 0.173. The molecular formula is C28H32O4Si. The SMILES string of the molecule is CC(C)(C)[Si](OCC[C@](C)(C=O)OC(=O)c1ccccc1)(c1ccccc1)c1ccccc1. The predicted octanol–water partition coefficient (Wildman–Crippen LogP) is 4.77. The topological polar surface area (TPSA) is 52.6 Å². The van der Waals surface area contributed by atoms with Crippen LogP contribution < -0.4 is 10.4 Å². The van der Waals surface area contributed by atoms with E-state index in [2.05, 4.69) is 45.0 Å². The van der Waals surface area contributed by atoms with E-state index in [0.717, 1.165) is 10.4 Å². The lowest BCUT2D eigenvalue weighted by Crippen LogP contribution is -2.66. The van der Waals surface area contributed by atoms with Gasteiger partial charge in [0.15, 0.2) is 11.9 Å². The lowest BCUT2D eigenvalue weighted by molar-refractivity contribution is -0.124. The van der Waals surface area contributed by atoms with E-state index >= 15 is 0 Å². The molecule has 0 saturated heterocycles. The van der Waals surface area contributed by atoms with E-state index in [9.17, 15) is 9.59 Å². The van der Waals surface area contributed by atoms with Gasteiger partial charge in [0.2, 0.25) is 0 Å². The molecule has 0 bridgehead atoms. The highest BCUT2D eigenvalue weighted by atomic mass is 28.4. The zero-order valence-electron chi connectivity index (χ0n) is 19.8. The Kier molecular flexibility index (Phi) is 7.67. The highest BCUT2D eigenvalue weighted by molar-refractivity contribution is 6.99. The number of hydrogen-bond donors (Lipinski definition) is 0. The molecule has 0 aromatic heterocycles. The molecule has 5 heteroatoms. The first-order valence-corrected chi connectivity index (χ1v) is 13.1. The van der Waals surface area contributed by atoms with Crippen molar-refractivity contribution in [2.45, 2.75) is 44.8 Å². The number of carbonyl (C=O) groups is 2. The third-order valence-electron chi connectivity index (χ3n) is 5.92. The van der Waals surface area contributed by atoms with Crippen LogP contribution in [0.25, 0.3) is 0 Å². The number of carbonyl (C=O) groups excluding carboxylic acids is 2. The van der Waals surface area contributed by atoms with Gasteiger partial charge in [-0.25, -0.2) is 4.79 Å². The molecule has 0 aliphatic rings. The largest absolute Gasteiger partial charge is 0.448 e. The van der Waals surface area contributed by atoms with Crippen LogP contribution in [0.2, 0.25) is 5.04 Å². The van der Waals surface area contributed by atoms with Crippen molar-refractivity contribution in [2.75, 3.05) is 6.61 Å². The summed E-state index contributed by atoms with van der Waals surface area (Å²) in [5, 5.41) is 2.16. The quantitative estimate of drug-likeness (QED) is 0.262. The van der Waals surface area contributed by atoms with Crippen LogP contribution in [0.3, 0.4) is 0 Å². The normalized spacial score (nSPS) is 13.7. The molecule has 3 aromatic carbocycles. The minimum Gasteiger partial charge on any atom is -0.448 e. The third kappa shape index (κ3) is 5.49. The van der Waals surface area contributed by atoms with Crippen molar-refractivity contribution in [1.82, 2.24) is 0 Å². The van der Waals surface area contributed by atoms with Crippen LogP contribution in [0.1, 0.15) is 44.5 Å². The minimum atomic E-state index is -2.72. The first-order valence-electron chi connectivity index (χ1n) is 11.2. The summed E-state index contributed by atoms with van der Waals surface area (Å²) in [5.41, 5.74) is -0.864. The molecule has 0 radical (unpaired) electrons. The zero-order valence-corrected chi connectivity index (χ0v) is 20.8. The number of esters is 1. The second kappa shape index (κ2) is 10.3. The number of rotatable bonds is 9. The van der Waals surface area contributed by atoms with Gasteiger partial charge in [-0.05, 0) is 34.5 Å². The fraction of sp³-hybridized carbons (Fsp3) is 0.286. The number of ether oxygens (including phenoxy) is 1. The van der Waals surface area contributed by atoms with Gasteiger partial charge in [0.05, 0.1) is 5.56 Å². The lowest BCUT2D eigenvalue weighted by Gasteiger charge is -2.43. The van der Waals surface area contributed by atoms with Crippen LogP contribution in [0.4, 0.5) is 0 Å². The van der Waals surface area contributed by atoms with Crippen molar-refractivity contribution < 1.29 is 18.8 Å². The van der Waals surface area contributed by atoms with Gasteiger partial charge in [-0.2, -0.15) is 0 Å². The van der Waals surface area contributed by atoms with Gasteiger partial charge in [0, 0.05) is 13.0 Å². The van der Waals surface area contributed by atoms with Crippen LogP contribution in [-0.4, -0.2) is 32.8 Å². The van der Waals surface area contributed by atoms with Gasteiger partial charge in [-0.3, -0.25) is 4.79 Å². The highest BCUT2D eigenvalue weighted by Gasteiger charge is 2.50. The summed E-state index contributed by atoms with van der Waals surface area (Å²) >= 11 is 0. The van der Waals surface area contributed by atoms with Gasteiger partial charge >= 0.3 is 5.97 Å². The van der Waals surface area contributed by atoms with Crippen molar-refractivity contribution in [1.29, 1.82) is 0 Å². The van der Waals surface area contributed by atoms with Crippen molar-refractivity contribution in [3.8, 4) is 0 Å². The number of aldehydes is 1. The molecule has 0 aliphatic heterocycles. The summed E-state index contributed by atoms with van der Waals surface area (Å²) in [6.07, 6.45) is 0.960. The molecule has 1 atom stereocenters. The molecular weight excluding hydrogens is 428 g/mol. The van der Waals surface area contributed by atoms with Gasteiger partial charge in [0.1, 0.15) is 0 Å². The number of hydrogen-bond acceptors (Lipinski definition) is 4. The van der Waals surface area contributed by atoms with Crippen molar-refractivity contribution in [3.05, 3.63) is 96.6 Å². The summed E-state index contributed by atoms with van der Waals surface area (Å²) in [6, 6.07) is 29.3. The Labute approximate surface area is 197 Å². The summed E-state index contributed by atoms with van der Waals surface area (Å²) in [7, 11) is -2.72. The Morgan fingerprint density at radius 3 is 1.67 bits per heavy atom. The maximum Gasteiger partial charge on any atom is 0.339 e. The summed E-state index contributed by atoms with van der Waals surface area (Å²) in [5.74, 6) is -0.518. The van der Waals surface area contributed by atoms with E-state index < -0.39 is 19.9 Å². The maximum atomic E-state index is 12.6. The van der Waals surface area contributed by atoms with Gasteiger partial charge < -0.3 is 9.16 Å². The molecule has 0 amide bonds. The van der Waals surface area contributed by atoms with E-state index in [1.54, 1.807) is 31.2 Å². The second-order valence-electron chi connectivity index (χ2n) is 9.45. The molecule has 0 aliphatic carbocycles. The Morgan fingerprint density at radius 1 is 0.788 bits per heavy atom. The molecule has 0 N–H and O–H groups in total. The molecule has 3 aromatic rings. The molecule has 4 nitrogen and oxygen atoms in total. The van der Waals surface area contributed by atoms with Crippen LogP contribution in [0.5, 0.6) is 0 Å². The van der Waals surface area contributed by atoms with Crippen molar-refractivity contribution in [3.63, 3.8) is 0 Å². The van der Waals surface area contributed by atoms with Crippen LogP contribution in [0, 0.1) is 0 Å². The summed E-state index contributed by atoms with van der Waals surface area (Å²) < 4.78 is 12.5. The van der Waals surface area contributed by atoms with Crippen LogP contribution >= 0.6 is 0 Å². The predicted molar refractivity (Wildman–Crippen MR) is 135 cm³/mol.